The van der Waals surface area contributed by atoms with Crippen molar-refractivity contribution >= 4 is 5.96 Å². The molecule has 3 rings (SSSR count). The van der Waals surface area contributed by atoms with Gasteiger partial charge in [-0.05, 0) is 43.7 Å². The fourth-order valence-electron chi connectivity index (χ4n) is 3.82. The lowest BCUT2D eigenvalue weighted by Gasteiger charge is -2.24. The van der Waals surface area contributed by atoms with Gasteiger partial charge in [-0.15, -0.1) is 0 Å². The molecule has 1 aromatic rings. The molecule has 4 heteroatoms. The van der Waals surface area contributed by atoms with Gasteiger partial charge in [0.2, 0.25) is 0 Å². The molecule has 1 N–H and O–H groups in total. The van der Waals surface area contributed by atoms with Crippen molar-refractivity contribution in [3.05, 3.63) is 35.9 Å². The zero-order valence-corrected chi connectivity index (χ0v) is 15.2. The van der Waals surface area contributed by atoms with Crippen LogP contribution in [0.4, 0.5) is 0 Å². The monoisotopic (exact) mass is 328 g/mol. The van der Waals surface area contributed by atoms with Crippen LogP contribution >= 0.6 is 0 Å². The van der Waals surface area contributed by atoms with E-state index in [9.17, 15) is 0 Å². The van der Waals surface area contributed by atoms with Crippen LogP contribution < -0.4 is 5.32 Å². The SMILES string of the molecule is CCN(CCNC(=NC)N1CCC(Cc2ccccc2)C1)C1CC1. The molecule has 0 radical (unpaired) electrons. The summed E-state index contributed by atoms with van der Waals surface area (Å²) in [5.41, 5.74) is 1.45. The first-order chi connectivity index (χ1) is 11.8. The molecule has 0 amide bonds. The Morgan fingerprint density at radius 1 is 1.25 bits per heavy atom. The smallest absolute Gasteiger partial charge is 0.193 e. The topological polar surface area (TPSA) is 30.9 Å². The molecule has 4 nitrogen and oxygen atoms in total. The van der Waals surface area contributed by atoms with Crippen LogP contribution in [0.3, 0.4) is 0 Å². The van der Waals surface area contributed by atoms with E-state index >= 15 is 0 Å². The van der Waals surface area contributed by atoms with Gasteiger partial charge in [0.15, 0.2) is 5.96 Å². The van der Waals surface area contributed by atoms with Crippen LogP contribution in [-0.2, 0) is 6.42 Å². The standard InChI is InChI=1S/C20H32N4/c1-3-23(19-9-10-19)14-12-22-20(21-2)24-13-11-18(16-24)15-17-7-5-4-6-8-17/h4-8,18-19H,3,9-16H2,1-2H3,(H,21,22). The van der Waals surface area contributed by atoms with Crippen molar-refractivity contribution < 1.29 is 0 Å². The Morgan fingerprint density at radius 3 is 2.71 bits per heavy atom. The van der Waals surface area contributed by atoms with E-state index in [4.69, 9.17) is 0 Å². The van der Waals surface area contributed by atoms with E-state index in [2.05, 4.69) is 57.4 Å². The zero-order chi connectivity index (χ0) is 16.8. The molecule has 0 aromatic heterocycles. The third kappa shape index (κ3) is 4.73. The fraction of sp³-hybridized carbons (Fsp3) is 0.650. The van der Waals surface area contributed by atoms with Crippen LogP contribution in [0.25, 0.3) is 0 Å². The molecule has 1 heterocycles. The van der Waals surface area contributed by atoms with E-state index in [1.54, 1.807) is 0 Å². The Balaban J connectivity index is 1.43. The first kappa shape index (κ1) is 17.3. The average molecular weight is 329 g/mol. The maximum atomic E-state index is 4.51. The average Bonchev–Trinajstić information content (AvgIpc) is 3.36. The summed E-state index contributed by atoms with van der Waals surface area (Å²) < 4.78 is 0. The molecule has 1 atom stereocenters. The van der Waals surface area contributed by atoms with Gasteiger partial charge in [0.05, 0.1) is 0 Å². The Morgan fingerprint density at radius 2 is 2.04 bits per heavy atom. The number of rotatable bonds is 7. The van der Waals surface area contributed by atoms with Crippen molar-refractivity contribution in [2.75, 3.05) is 39.8 Å². The number of aliphatic imine (C=N–C) groups is 1. The first-order valence-corrected chi connectivity index (χ1v) is 9.53. The minimum atomic E-state index is 0.740. The lowest BCUT2D eigenvalue weighted by molar-refractivity contribution is 0.280. The zero-order valence-electron chi connectivity index (χ0n) is 15.2. The molecule has 0 spiro atoms. The molecule has 1 aliphatic carbocycles. The van der Waals surface area contributed by atoms with E-state index in [-0.39, 0.29) is 0 Å². The van der Waals surface area contributed by atoms with Crippen LogP contribution in [0, 0.1) is 5.92 Å². The van der Waals surface area contributed by atoms with Crippen molar-refractivity contribution in [2.24, 2.45) is 10.9 Å². The minimum absolute atomic E-state index is 0.740. The predicted molar refractivity (Wildman–Crippen MR) is 101 cm³/mol. The predicted octanol–water partition coefficient (Wildman–Crippen LogP) is 2.61. The maximum Gasteiger partial charge on any atom is 0.193 e. The van der Waals surface area contributed by atoms with Crippen molar-refractivity contribution in [1.29, 1.82) is 0 Å². The van der Waals surface area contributed by atoms with Gasteiger partial charge in [0, 0.05) is 39.3 Å². The Labute approximate surface area is 146 Å². The molecule has 24 heavy (non-hydrogen) atoms. The highest BCUT2D eigenvalue weighted by atomic mass is 15.3. The van der Waals surface area contributed by atoms with Gasteiger partial charge >= 0.3 is 0 Å². The number of likely N-dealkylation sites (N-methyl/N-ethyl adjacent to an activating group) is 1. The van der Waals surface area contributed by atoms with E-state index in [1.165, 1.54) is 31.2 Å². The lowest BCUT2D eigenvalue weighted by Crippen LogP contribution is -2.43. The maximum absolute atomic E-state index is 4.51. The summed E-state index contributed by atoms with van der Waals surface area (Å²) in [6.45, 7) is 7.79. The number of benzene rings is 1. The molecule has 1 saturated heterocycles. The van der Waals surface area contributed by atoms with E-state index < -0.39 is 0 Å². The summed E-state index contributed by atoms with van der Waals surface area (Å²) in [6.07, 6.45) is 5.21. The molecule has 0 bridgehead atoms. The Hall–Kier alpha value is -1.55. The van der Waals surface area contributed by atoms with Crippen molar-refractivity contribution in [1.82, 2.24) is 15.1 Å². The van der Waals surface area contributed by atoms with Crippen LogP contribution in [0.5, 0.6) is 0 Å². The highest BCUT2D eigenvalue weighted by Crippen LogP contribution is 2.26. The van der Waals surface area contributed by atoms with Crippen LogP contribution in [-0.4, -0.2) is 61.6 Å². The van der Waals surface area contributed by atoms with Gasteiger partial charge in [-0.2, -0.15) is 0 Å². The molecular weight excluding hydrogens is 296 g/mol. The van der Waals surface area contributed by atoms with Crippen LogP contribution in [0.2, 0.25) is 0 Å². The van der Waals surface area contributed by atoms with Gasteiger partial charge in [0.1, 0.15) is 0 Å². The molecule has 132 valence electrons. The number of nitrogens with one attached hydrogen (secondary N) is 1. The number of hydrogen-bond acceptors (Lipinski definition) is 2. The number of guanidine groups is 1. The van der Waals surface area contributed by atoms with Crippen molar-refractivity contribution in [2.45, 2.75) is 38.6 Å². The minimum Gasteiger partial charge on any atom is -0.355 e. The molecule has 1 aromatic carbocycles. The molecule has 1 unspecified atom stereocenters. The first-order valence-electron chi connectivity index (χ1n) is 9.53. The number of nitrogens with zero attached hydrogens (tertiary/aromatic N) is 3. The third-order valence-electron chi connectivity index (χ3n) is 5.32. The van der Waals surface area contributed by atoms with Gasteiger partial charge in [-0.3, -0.25) is 9.89 Å². The van der Waals surface area contributed by atoms with E-state index in [0.29, 0.717) is 0 Å². The largest absolute Gasteiger partial charge is 0.355 e. The highest BCUT2D eigenvalue weighted by Gasteiger charge is 2.28. The van der Waals surface area contributed by atoms with E-state index in [0.717, 1.165) is 50.6 Å². The Kier molecular flexibility index (Phi) is 6.13. The van der Waals surface area contributed by atoms with Crippen LogP contribution in [0.1, 0.15) is 31.7 Å². The van der Waals surface area contributed by atoms with Gasteiger partial charge in [-0.25, -0.2) is 0 Å². The van der Waals surface area contributed by atoms with Crippen molar-refractivity contribution in [3.8, 4) is 0 Å². The second-order valence-corrected chi connectivity index (χ2v) is 7.12. The fourth-order valence-corrected chi connectivity index (χ4v) is 3.82. The summed E-state index contributed by atoms with van der Waals surface area (Å²) in [6, 6.07) is 11.7. The summed E-state index contributed by atoms with van der Waals surface area (Å²) in [4.78, 5) is 9.52. The molecule has 2 aliphatic rings. The van der Waals surface area contributed by atoms with Crippen LogP contribution in [0.15, 0.2) is 35.3 Å². The lowest BCUT2D eigenvalue weighted by atomic mass is 9.99. The highest BCUT2D eigenvalue weighted by molar-refractivity contribution is 5.80. The second-order valence-electron chi connectivity index (χ2n) is 7.12. The molecule has 2 fully saturated rings. The van der Waals surface area contributed by atoms with E-state index in [1.807, 2.05) is 7.05 Å². The summed E-state index contributed by atoms with van der Waals surface area (Å²) in [7, 11) is 1.91. The van der Waals surface area contributed by atoms with Crippen molar-refractivity contribution in [3.63, 3.8) is 0 Å². The molecule has 1 aliphatic heterocycles. The van der Waals surface area contributed by atoms with Gasteiger partial charge in [0.25, 0.3) is 0 Å². The second kappa shape index (κ2) is 8.52. The summed E-state index contributed by atoms with van der Waals surface area (Å²) in [5, 5.41) is 3.58. The van der Waals surface area contributed by atoms with Gasteiger partial charge < -0.3 is 10.2 Å². The number of hydrogen-bond donors (Lipinski definition) is 1. The third-order valence-corrected chi connectivity index (χ3v) is 5.32. The quantitative estimate of drug-likeness (QED) is 0.616. The molecule has 1 saturated carbocycles. The Bertz CT molecular complexity index is 524. The summed E-state index contributed by atoms with van der Waals surface area (Å²) in [5.74, 6) is 1.82. The molecular formula is C20H32N4. The normalized spacial score (nSPS) is 21.5. The summed E-state index contributed by atoms with van der Waals surface area (Å²) >= 11 is 0. The number of likely N-dealkylation sites (tertiary alicyclic amines) is 1. The van der Waals surface area contributed by atoms with Gasteiger partial charge in [-0.1, -0.05) is 37.3 Å².